The number of nitrogens with zero attached hydrogens (tertiary/aromatic N) is 1. The van der Waals surface area contributed by atoms with Crippen LogP contribution in [0.4, 0.5) is 5.69 Å². The Labute approximate surface area is 207 Å². The summed E-state index contributed by atoms with van der Waals surface area (Å²) < 4.78 is 0. The van der Waals surface area contributed by atoms with Crippen molar-refractivity contribution in [2.45, 2.75) is 58.8 Å². The van der Waals surface area contributed by atoms with Gasteiger partial charge < -0.3 is 10.4 Å². The molecule has 1 aromatic heterocycles. The molecular formula is C30H34N2O3. The Bertz CT molecular complexity index is 1180. The third kappa shape index (κ3) is 5.79. The molecule has 0 saturated heterocycles. The maximum atomic E-state index is 13.7. The average Bonchev–Trinajstić information content (AvgIpc) is 3.37. The van der Waals surface area contributed by atoms with Gasteiger partial charge in [-0.15, -0.1) is 0 Å². The molecule has 0 radical (unpaired) electrons. The number of carbonyl (C=O) groups is 2. The Morgan fingerprint density at radius 3 is 2.31 bits per heavy atom. The van der Waals surface area contributed by atoms with Crippen LogP contribution in [0.2, 0.25) is 0 Å². The fourth-order valence-electron chi connectivity index (χ4n) is 5.12. The number of carboxylic acid groups (broad SMARTS) is 1. The van der Waals surface area contributed by atoms with E-state index in [-0.39, 0.29) is 11.8 Å². The van der Waals surface area contributed by atoms with Crippen LogP contribution < -0.4 is 5.32 Å². The molecule has 35 heavy (non-hydrogen) atoms. The zero-order chi connectivity index (χ0) is 24.9. The molecule has 5 heteroatoms. The SMILES string of the molecule is Cc1ccc(-c2ccc([C@H](C(=O)Nc3cccc(C[C@@H](C)C(=O)O)c3C)C3CCCC3)cc2)cn1. The highest BCUT2D eigenvalue weighted by Gasteiger charge is 2.32. The van der Waals surface area contributed by atoms with Gasteiger partial charge in [-0.1, -0.05) is 62.2 Å². The summed E-state index contributed by atoms with van der Waals surface area (Å²) in [7, 11) is 0. The zero-order valence-electron chi connectivity index (χ0n) is 20.8. The highest BCUT2D eigenvalue weighted by atomic mass is 16.4. The minimum atomic E-state index is -0.815. The van der Waals surface area contributed by atoms with Crippen LogP contribution >= 0.6 is 0 Å². The third-order valence-corrected chi connectivity index (χ3v) is 7.32. The molecule has 182 valence electrons. The van der Waals surface area contributed by atoms with Crippen LogP contribution in [0, 0.1) is 25.7 Å². The number of anilines is 1. The van der Waals surface area contributed by atoms with Crippen molar-refractivity contribution in [3.05, 3.63) is 83.2 Å². The first kappa shape index (κ1) is 24.6. The number of hydrogen-bond acceptors (Lipinski definition) is 3. The molecular weight excluding hydrogens is 436 g/mol. The molecule has 4 rings (SSSR count). The second-order valence-corrected chi connectivity index (χ2v) is 9.85. The van der Waals surface area contributed by atoms with E-state index in [1.807, 2.05) is 44.3 Å². The maximum Gasteiger partial charge on any atom is 0.306 e. The standard InChI is InChI=1S/C30H34N2O3/c1-19(30(34)35)17-25-9-6-10-27(21(25)3)32-29(33)28(23-7-4-5-8-23)24-15-13-22(14-16-24)26-12-11-20(2)31-18-26/h6,9-16,18-19,23,28H,4-5,7-8,17H2,1-3H3,(H,32,33)(H,34,35)/t19-,28-/m1/s1. The van der Waals surface area contributed by atoms with Crippen LogP contribution in [0.1, 0.15) is 60.9 Å². The van der Waals surface area contributed by atoms with Gasteiger partial charge in [-0.2, -0.15) is 0 Å². The number of aromatic nitrogens is 1. The number of pyridine rings is 1. The lowest BCUT2D eigenvalue weighted by molar-refractivity contribution is -0.141. The Kier molecular flexibility index (Phi) is 7.64. The number of hydrogen-bond donors (Lipinski definition) is 2. The van der Waals surface area contributed by atoms with Gasteiger partial charge in [0, 0.05) is 23.1 Å². The topological polar surface area (TPSA) is 79.3 Å². The minimum Gasteiger partial charge on any atom is -0.481 e. The number of aryl methyl sites for hydroxylation is 1. The van der Waals surface area contributed by atoms with Crippen LogP contribution in [0.25, 0.3) is 11.1 Å². The van der Waals surface area contributed by atoms with E-state index in [1.165, 1.54) is 0 Å². The predicted octanol–water partition coefficient (Wildman–Crippen LogP) is 6.54. The van der Waals surface area contributed by atoms with Gasteiger partial charge in [0.15, 0.2) is 0 Å². The summed E-state index contributed by atoms with van der Waals surface area (Å²) in [6.45, 7) is 5.63. The van der Waals surface area contributed by atoms with Crippen LogP contribution in [0.5, 0.6) is 0 Å². The summed E-state index contributed by atoms with van der Waals surface area (Å²) in [5.41, 5.74) is 6.81. The van der Waals surface area contributed by atoms with Gasteiger partial charge in [0.1, 0.15) is 0 Å². The number of carboxylic acids is 1. The summed E-state index contributed by atoms with van der Waals surface area (Å²) >= 11 is 0. The van der Waals surface area contributed by atoms with Crippen LogP contribution in [0.15, 0.2) is 60.8 Å². The molecule has 2 N–H and O–H groups in total. The van der Waals surface area contributed by atoms with Crippen molar-refractivity contribution in [2.75, 3.05) is 5.32 Å². The predicted molar refractivity (Wildman–Crippen MR) is 139 cm³/mol. The lowest BCUT2D eigenvalue weighted by Crippen LogP contribution is -2.27. The summed E-state index contributed by atoms with van der Waals surface area (Å²) in [5, 5.41) is 12.5. The second kappa shape index (κ2) is 10.9. The van der Waals surface area contributed by atoms with Crippen LogP contribution in [-0.2, 0) is 16.0 Å². The molecule has 0 bridgehead atoms. The Hall–Kier alpha value is -3.47. The molecule has 1 fully saturated rings. The van der Waals surface area contributed by atoms with Gasteiger partial charge in [0.2, 0.25) is 5.91 Å². The first-order chi connectivity index (χ1) is 16.8. The zero-order valence-corrected chi connectivity index (χ0v) is 20.8. The molecule has 0 unspecified atom stereocenters. The van der Waals surface area contributed by atoms with E-state index in [0.29, 0.717) is 12.3 Å². The van der Waals surface area contributed by atoms with E-state index < -0.39 is 11.9 Å². The molecule has 3 aromatic rings. The first-order valence-electron chi connectivity index (χ1n) is 12.5. The molecule has 1 amide bonds. The fraction of sp³-hybridized carbons (Fsp3) is 0.367. The molecule has 0 aliphatic heterocycles. The van der Waals surface area contributed by atoms with E-state index in [1.54, 1.807) is 6.92 Å². The van der Waals surface area contributed by atoms with Gasteiger partial charge in [0.25, 0.3) is 0 Å². The molecule has 2 atom stereocenters. The normalized spacial score (nSPS) is 15.5. The number of amides is 1. The minimum absolute atomic E-state index is 0.00758. The number of nitrogens with one attached hydrogen (secondary N) is 1. The van der Waals surface area contributed by atoms with Crippen molar-refractivity contribution in [1.29, 1.82) is 0 Å². The Morgan fingerprint density at radius 1 is 1.00 bits per heavy atom. The van der Waals surface area contributed by atoms with Crippen LogP contribution in [-0.4, -0.2) is 22.0 Å². The lowest BCUT2D eigenvalue weighted by Gasteiger charge is -2.24. The molecule has 0 spiro atoms. The maximum absolute atomic E-state index is 13.7. The smallest absolute Gasteiger partial charge is 0.306 e. The van der Waals surface area contributed by atoms with Gasteiger partial charge in [-0.3, -0.25) is 14.6 Å². The van der Waals surface area contributed by atoms with E-state index in [0.717, 1.165) is 64.9 Å². The van der Waals surface area contributed by atoms with Crippen molar-refractivity contribution in [2.24, 2.45) is 11.8 Å². The Balaban J connectivity index is 1.58. The van der Waals surface area contributed by atoms with Crippen molar-refractivity contribution < 1.29 is 14.7 Å². The number of carbonyl (C=O) groups excluding carboxylic acids is 1. The first-order valence-corrected chi connectivity index (χ1v) is 12.5. The molecule has 1 aliphatic carbocycles. The van der Waals surface area contributed by atoms with Crippen molar-refractivity contribution >= 4 is 17.6 Å². The molecule has 1 aliphatic rings. The Morgan fingerprint density at radius 2 is 1.69 bits per heavy atom. The number of aliphatic carboxylic acids is 1. The second-order valence-electron chi connectivity index (χ2n) is 9.85. The largest absolute Gasteiger partial charge is 0.481 e. The average molecular weight is 471 g/mol. The molecule has 1 saturated carbocycles. The van der Waals surface area contributed by atoms with Gasteiger partial charge in [0.05, 0.1) is 11.8 Å². The fourth-order valence-corrected chi connectivity index (χ4v) is 5.12. The highest BCUT2D eigenvalue weighted by Crippen LogP contribution is 2.39. The van der Waals surface area contributed by atoms with E-state index in [4.69, 9.17) is 0 Å². The molecule has 1 heterocycles. The van der Waals surface area contributed by atoms with E-state index in [2.05, 4.69) is 40.6 Å². The van der Waals surface area contributed by atoms with Crippen LogP contribution in [0.3, 0.4) is 0 Å². The van der Waals surface area contributed by atoms with Crippen molar-refractivity contribution in [3.8, 4) is 11.1 Å². The van der Waals surface area contributed by atoms with Crippen molar-refractivity contribution in [1.82, 2.24) is 4.98 Å². The number of rotatable bonds is 8. The highest BCUT2D eigenvalue weighted by molar-refractivity contribution is 5.97. The third-order valence-electron chi connectivity index (χ3n) is 7.32. The lowest BCUT2D eigenvalue weighted by atomic mass is 9.83. The van der Waals surface area contributed by atoms with Gasteiger partial charge in [-0.05, 0) is 73.4 Å². The van der Waals surface area contributed by atoms with Gasteiger partial charge >= 0.3 is 5.97 Å². The monoisotopic (exact) mass is 470 g/mol. The van der Waals surface area contributed by atoms with E-state index >= 15 is 0 Å². The quantitative estimate of drug-likeness (QED) is 0.392. The summed E-state index contributed by atoms with van der Waals surface area (Å²) in [6.07, 6.45) is 6.73. The molecule has 2 aromatic carbocycles. The molecule has 5 nitrogen and oxygen atoms in total. The van der Waals surface area contributed by atoms with Gasteiger partial charge in [-0.25, -0.2) is 0 Å². The van der Waals surface area contributed by atoms with E-state index in [9.17, 15) is 14.7 Å². The summed E-state index contributed by atoms with van der Waals surface area (Å²) in [5.74, 6) is -1.19. The van der Waals surface area contributed by atoms with Crippen molar-refractivity contribution in [3.63, 3.8) is 0 Å². The summed E-state index contributed by atoms with van der Waals surface area (Å²) in [6, 6.07) is 18.1. The summed E-state index contributed by atoms with van der Waals surface area (Å²) in [4.78, 5) is 29.4. The number of benzene rings is 2.